The topological polar surface area (TPSA) is 61.5 Å². The van der Waals surface area contributed by atoms with Crippen LogP contribution < -0.4 is 0 Å². The van der Waals surface area contributed by atoms with Crippen molar-refractivity contribution >= 4 is 16.8 Å². The summed E-state index contributed by atoms with van der Waals surface area (Å²) in [5.74, 6) is 1.14. The molecule has 5 rings (SSSR count). The van der Waals surface area contributed by atoms with Crippen molar-refractivity contribution < 1.29 is 9.53 Å². The van der Waals surface area contributed by atoms with E-state index in [1.165, 1.54) is 33.3 Å². The third-order valence-electron chi connectivity index (χ3n) is 8.04. The van der Waals surface area contributed by atoms with E-state index in [9.17, 15) is 4.79 Å². The number of amides is 1. The van der Waals surface area contributed by atoms with Crippen molar-refractivity contribution in [3.8, 4) is 11.3 Å². The zero-order chi connectivity index (χ0) is 25.4. The molecule has 1 aromatic carbocycles. The summed E-state index contributed by atoms with van der Waals surface area (Å²) in [5.41, 5.74) is 8.47. The summed E-state index contributed by atoms with van der Waals surface area (Å²) in [4.78, 5) is 25.4. The summed E-state index contributed by atoms with van der Waals surface area (Å²) < 4.78 is 5.49. The van der Waals surface area contributed by atoms with Crippen molar-refractivity contribution in [3.63, 3.8) is 0 Å². The predicted molar refractivity (Wildman–Crippen MR) is 146 cm³/mol. The Kier molecular flexibility index (Phi) is 7.18. The Labute approximate surface area is 215 Å². The van der Waals surface area contributed by atoms with E-state index >= 15 is 0 Å². The number of carbonyl (C=O) groups excluding carboxylic acids is 1. The monoisotopic (exact) mass is 488 g/mol. The Balaban J connectivity index is 1.32. The van der Waals surface area contributed by atoms with Gasteiger partial charge in [-0.2, -0.15) is 0 Å². The second kappa shape index (κ2) is 10.3. The van der Waals surface area contributed by atoms with Gasteiger partial charge in [-0.25, -0.2) is 0 Å². The third-order valence-corrected chi connectivity index (χ3v) is 8.04. The number of likely N-dealkylation sites (tertiary alicyclic amines) is 1. The number of piperidine rings is 1. The van der Waals surface area contributed by atoms with Crippen LogP contribution in [0.15, 0.2) is 30.3 Å². The highest BCUT2D eigenvalue weighted by Crippen LogP contribution is 2.38. The molecule has 1 N–H and O–H groups in total. The molecule has 0 unspecified atom stereocenters. The molecule has 0 bridgehead atoms. The van der Waals surface area contributed by atoms with Gasteiger partial charge in [0.05, 0.1) is 18.8 Å². The molecule has 3 aromatic rings. The lowest BCUT2D eigenvalue weighted by Crippen LogP contribution is -2.45. The second-order valence-electron chi connectivity index (χ2n) is 11.1. The normalized spacial score (nSPS) is 19.2. The van der Waals surface area contributed by atoms with Crippen molar-refractivity contribution in [3.05, 3.63) is 52.8 Å². The lowest BCUT2D eigenvalue weighted by Gasteiger charge is -2.34. The Bertz CT molecular complexity index is 1210. The number of aryl methyl sites for hydroxylation is 2. The van der Waals surface area contributed by atoms with Crippen LogP contribution in [0.1, 0.15) is 67.5 Å². The van der Waals surface area contributed by atoms with Gasteiger partial charge in [0.1, 0.15) is 0 Å². The van der Waals surface area contributed by atoms with Crippen molar-refractivity contribution in [1.82, 2.24) is 19.8 Å². The second-order valence-corrected chi connectivity index (χ2v) is 11.1. The number of hydrogen-bond acceptors (Lipinski definition) is 4. The standard InChI is InChI=1S/C30H40N4O2/c1-19(2)29-26-16-23(6-7-27(26)32-30(29)24-14-20(3)31-21(4)15-24)22-8-11-34(12-9-22)28(35)17-33(5)25-10-13-36-18-25/h6-7,14-16,19,22,25,32H,8-13,17-18H2,1-5H3/t25-/m0/s1. The Morgan fingerprint density at radius 3 is 2.50 bits per heavy atom. The molecule has 192 valence electrons. The first-order valence-electron chi connectivity index (χ1n) is 13.5. The van der Waals surface area contributed by atoms with Gasteiger partial charge in [0.15, 0.2) is 0 Å². The van der Waals surface area contributed by atoms with E-state index in [2.05, 4.69) is 77.8 Å². The van der Waals surface area contributed by atoms with Crippen molar-refractivity contribution in [2.75, 3.05) is 39.9 Å². The van der Waals surface area contributed by atoms with Gasteiger partial charge in [-0.15, -0.1) is 0 Å². The van der Waals surface area contributed by atoms with Crippen molar-refractivity contribution in [2.45, 2.75) is 64.8 Å². The number of carbonyl (C=O) groups is 1. The number of hydrogen-bond donors (Lipinski definition) is 1. The number of pyridine rings is 1. The number of rotatable bonds is 6. The molecule has 2 saturated heterocycles. The van der Waals surface area contributed by atoms with E-state index in [0.717, 1.165) is 57.0 Å². The van der Waals surface area contributed by atoms with E-state index in [1.54, 1.807) is 0 Å². The Morgan fingerprint density at radius 2 is 1.86 bits per heavy atom. The van der Waals surface area contributed by atoms with Crippen LogP contribution in [0.5, 0.6) is 0 Å². The number of nitrogens with one attached hydrogen (secondary N) is 1. The number of aromatic amines is 1. The van der Waals surface area contributed by atoms with Gasteiger partial charge in [-0.1, -0.05) is 19.9 Å². The first-order valence-corrected chi connectivity index (χ1v) is 13.5. The van der Waals surface area contributed by atoms with Crippen LogP contribution in [0.4, 0.5) is 0 Å². The van der Waals surface area contributed by atoms with Crippen molar-refractivity contribution in [1.29, 1.82) is 0 Å². The molecule has 2 aromatic heterocycles. The highest BCUT2D eigenvalue weighted by Gasteiger charge is 2.28. The molecule has 4 heterocycles. The SMILES string of the molecule is Cc1cc(-c2[nH]c3ccc(C4CCN(C(=O)CN(C)[C@H]5CCOC5)CC4)cc3c2C(C)C)cc(C)n1. The molecule has 2 aliphatic heterocycles. The van der Waals surface area contributed by atoms with Gasteiger partial charge in [0.2, 0.25) is 5.91 Å². The molecule has 6 heteroatoms. The van der Waals surface area contributed by atoms with E-state index in [-0.39, 0.29) is 5.91 Å². The summed E-state index contributed by atoms with van der Waals surface area (Å²) in [6.07, 6.45) is 3.06. The Hall–Kier alpha value is -2.70. The summed E-state index contributed by atoms with van der Waals surface area (Å²) >= 11 is 0. The van der Waals surface area contributed by atoms with Gasteiger partial charge in [-0.05, 0) is 87.4 Å². The summed E-state index contributed by atoms with van der Waals surface area (Å²) in [5, 5.41) is 1.32. The molecule has 1 amide bonds. The van der Waals surface area contributed by atoms with Gasteiger partial charge >= 0.3 is 0 Å². The molecular weight excluding hydrogens is 448 g/mol. The van der Waals surface area contributed by atoms with Gasteiger partial charge in [-0.3, -0.25) is 14.7 Å². The number of fused-ring (bicyclic) bond motifs is 1. The molecule has 2 fully saturated rings. The number of nitrogens with zero attached hydrogens (tertiary/aromatic N) is 3. The molecule has 36 heavy (non-hydrogen) atoms. The van der Waals surface area contributed by atoms with Gasteiger partial charge in [0.25, 0.3) is 0 Å². The molecule has 6 nitrogen and oxygen atoms in total. The van der Waals surface area contributed by atoms with Crippen LogP contribution in [0, 0.1) is 13.8 Å². The first kappa shape index (κ1) is 25.0. The first-order chi connectivity index (χ1) is 17.3. The van der Waals surface area contributed by atoms with E-state index in [0.29, 0.717) is 24.4 Å². The fourth-order valence-corrected chi connectivity index (χ4v) is 6.06. The Morgan fingerprint density at radius 1 is 1.14 bits per heavy atom. The van der Waals surface area contributed by atoms with Crippen LogP contribution in [0.25, 0.3) is 22.2 Å². The number of H-pyrrole nitrogens is 1. The average molecular weight is 489 g/mol. The smallest absolute Gasteiger partial charge is 0.236 e. The number of aromatic nitrogens is 2. The minimum atomic E-state index is 0.249. The van der Waals surface area contributed by atoms with E-state index in [4.69, 9.17) is 4.74 Å². The van der Waals surface area contributed by atoms with Gasteiger partial charge in [0, 0.05) is 53.6 Å². The molecule has 2 aliphatic rings. The minimum Gasteiger partial charge on any atom is -0.380 e. The maximum Gasteiger partial charge on any atom is 0.236 e. The molecule has 0 aliphatic carbocycles. The molecule has 0 saturated carbocycles. The lowest BCUT2D eigenvalue weighted by molar-refractivity contribution is -0.133. The minimum absolute atomic E-state index is 0.249. The zero-order valence-corrected chi connectivity index (χ0v) is 22.4. The fraction of sp³-hybridized carbons (Fsp3) is 0.533. The van der Waals surface area contributed by atoms with Crippen LogP contribution in [-0.2, 0) is 9.53 Å². The highest BCUT2D eigenvalue weighted by molar-refractivity contribution is 5.92. The number of ether oxygens (including phenoxy) is 1. The summed E-state index contributed by atoms with van der Waals surface area (Å²) in [6, 6.07) is 11.7. The van der Waals surface area contributed by atoms with Crippen LogP contribution in [0.3, 0.4) is 0 Å². The van der Waals surface area contributed by atoms with Crippen LogP contribution in [-0.4, -0.2) is 71.6 Å². The quantitative estimate of drug-likeness (QED) is 0.505. The van der Waals surface area contributed by atoms with Gasteiger partial charge < -0.3 is 14.6 Å². The maximum absolute atomic E-state index is 12.9. The largest absolute Gasteiger partial charge is 0.380 e. The fourth-order valence-electron chi connectivity index (χ4n) is 6.06. The molecule has 0 spiro atoms. The van der Waals surface area contributed by atoms with Crippen LogP contribution >= 0.6 is 0 Å². The summed E-state index contributed by atoms with van der Waals surface area (Å²) in [6.45, 7) is 12.4. The van der Waals surface area contributed by atoms with Crippen LogP contribution in [0.2, 0.25) is 0 Å². The molecular formula is C30H40N4O2. The highest BCUT2D eigenvalue weighted by atomic mass is 16.5. The van der Waals surface area contributed by atoms with Crippen molar-refractivity contribution in [2.24, 2.45) is 0 Å². The molecule has 1 atom stereocenters. The average Bonchev–Trinajstić information content (AvgIpc) is 3.51. The third kappa shape index (κ3) is 5.07. The predicted octanol–water partition coefficient (Wildman–Crippen LogP) is 5.40. The molecule has 0 radical (unpaired) electrons. The van der Waals surface area contributed by atoms with E-state index in [1.807, 2.05) is 7.05 Å². The van der Waals surface area contributed by atoms with E-state index < -0.39 is 0 Å². The maximum atomic E-state index is 12.9. The lowest BCUT2D eigenvalue weighted by atomic mass is 9.87. The number of likely N-dealkylation sites (N-methyl/N-ethyl adjacent to an activating group) is 1. The zero-order valence-electron chi connectivity index (χ0n) is 22.4. The number of benzene rings is 1. The summed E-state index contributed by atoms with van der Waals surface area (Å²) in [7, 11) is 2.05.